The summed E-state index contributed by atoms with van der Waals surface area (Å²) in [6.45, 7) is 5.35. The van der Waals surface area contributed by atoms with Crippen LogP contribution in [0, 0.1) is 0 Å². The van der Waals surface area contributed by atoms with Crippen molar-refractivity contribution in [1.82, 2.24) is 5.32 Å². The van der Waals surface area contributed by atoms with E-state index in [2.05, 4.69) is 10.1 Å². The summed E-state index contributed by atoms with van der Waals surface area (Å²) in [7, 11) is 0. The van der Waals surface area contributed by atoms with E-state index in [0.717, 1.165) is 0 Å². The van der Waals surface area contributed by atoms with Crippen LogP contribution in [-0.2, 0) is 4.74 Å². The van der Waals surface area contributed by atoms with Crippen molar-refractivity contribution in [2.24, 2.45) is 0 Å². The first-order valence-electron chi connectivity index (χ1n) is 6.82. The highest BCUT2D eigenvalue weighted by Crippen LogP contribution is 2.42. The summed E-state index contributed by atoms with van der Waals surface area (Å²) in [6, 6.07) is 0. The Morgan fingerprint density at radius 3 is 1.71 bits per heavy atom. The number of hydrogen-bond donors (Lipinski definition) is 1. The highest BCUT2D eigenvalue weighted by molar-refractivity contribution is 4.93. The molecule has 0 spiro atoms. The molecule has 21 heavy (non-hydrogen) atoms. The second-order valence-electron chi connectivity index (χ2n) is 6.57. The van der Waals surface area contributed by atoms with E-state index in [1.807, 2.05) is 0 Å². The molecule has 1 aliphatic rings. The lowest BCUT2D eigenvalue weighted by Crippen LogP contribution is -2.54. The molecule has 1 aliphatic carbocycles. The third kappa shape index (κ3) is 5.65. The van der Waals surface area contributed by atoms with Crippen LogP contribution in [0.15, 0.2) is 0 Å². The maximum Gasteiger partial charge on any atom is 0.423 e. The van der Waals surface area contributed by atoms with Gasteiger partial charge in [-0.05, 0) is 33.6 Å². The lowest BCUT2D eigenvalue weighted by atomic mass is 9.99. The van der Waals surface area contributed by atoms with E-state index in [4.69, 9.17) is 0 Å². The minimum atomic E-state index is -5.46. The van der Waals surface area contributed by atoms with Crippen LogP contribution in [0.5, 0.6) is 0 Å². The Morgan fingerprint density at radius 2 is 1.38 bits per heavy atom. The van der Waals surface area contributed by atoms with E-state index in [1.54, 1.807) is 20.8 Å². The smallest absolute Gasteiger partial charge is 0.353 e. The maximum atomic E-state index is 12.6. The van der Waals surface area contributed by atoms with E-state index in [-0.39, 0.29) is 19.4 Å². The average Bonchev–Trinajstić information content (AvgIpc) is 2.68. The van der Waals surface area contributed by atoms with Crippen molar-refractivity contribution in [1.29, 1.82) is 0 Å². The van der Waals surface area contributed by atoms with Gasteiger partial charge in [-0.1, -0.05) is 12.8 Å². The lowest BCUT2D eigenvalue weighted by Gasteiger charge is -2.37. The molecule has 2 nitrogen and oxygen atoms in total. The lowest BCUT2D eigenvalue weighted by molar-refractivity contribution is -0.343. The molecule has 1 N–H and O–H groups in total. The third-order valence-electron chi connectivity index (χ3n) is 3.42. The summed E-state index contributed by atoms with van der Waals surface area (Å²) in [6.07, 6.45) is -13.1. The second-order valence-corrected chi connectivity index (χ2v) is 6.57. The van der Waals surface area contributed by atoms with Crippen molar-refractivity contribution in [3.05, 3.63) is 0 Å². The Balaban J connectivity index is 2.90. The molecule has 0 aromatic rings. The van der Waals surface area contributed by atoms with Crippen LogP contribution in [0.1, 0.15) is 46.5 Å². The number of alkyl halides is 6. The molecule has 0 amide bonds. The molecule has 0 atom stereocenters. The SMILES string of the molecule is CC(C)(C)NCC1(OC(C(F)(F)F)C(F)(F)F)CCCC1. The topological polar surface area (TPSA) is 21.3 Å². The molecule has 0 aromatic heterocycles. The predicted octanol–water partition coefficient (Wildman–Crippen LogP) is 4.20. The van der Waals surface area contributed by atoms with Crippen molar-refractivity contribution in [3.8, 4) is 0 Å². The van der Waals surface area contributed by atoms with Gasteiger partial charge in [0.1, 0.15) is 0 Å². The van der Waals surface area contributed by atoms with E-state index in [0.29, 0.717) is 12.8 Å². The Hall–Kier alpha value is -0.500. The molecule has 0 heterocycles. The molecule has 1 fully saturated rings. The Labute approximate surface area is 120 Å². The number of hydrogen-bond acceptors (Lipinski definition) is 2. The fourth-order valence-electron chi connectivity index (χ4n) is 2.35. The van der Waals surface area contributed by atoms with Gasteiger partial charge >= 0.3 is 12.4 Å². The summed E-state index contributed by atoms with van der Waals surface area (Å²) in [5, 5.41) is 2.95. The second kappa shape index (κ2) is 5.95. The van der Waals surface area contributed by atoms with Crippen LogP contribution < -0.4 is 5.32 Å². The van der Waals surface area contributed by atoms with E-state index < -0.39 is 29.6 Å². The Kier molecular flexibility index (Phi) is 5.25. The van der Waals surface area contributed by atoms with Gasteiger partial charge in [0.15, 0.2) is 0 Å². The minimum absolute atomic E-state index is 0.0286. The first kappa shape index (κ1) is 18.5. The third-order valence-corrected chi connectivity index (χ3v) is 3.42. The molecule has 1 rings (SSSR count). The molecular weight excluding hydrogens is 300 g/mol. The minimum Gasteiger partial charge on any atom is -0.353 e. The Bertz CT molecular complexity index is 324. The van der Waals surface area contributed by atoms with Gasteiger partial charge in [-0.3, -0.25) is 0 Å². The maximum absolute atomic E-state index is 12.6. The largest absolute Gasteiger partial charge is 0.423 e. The summed E-state index contributed by atoms with van der Waals surface area (Å²) >= 11 is 0. The van der Waals surface area contributed by atoms with Crippen LogP contribution in [0.25, 0.3) is 0 Å². The van der Waals surface area contributed by atoms with Gasteiger partial charge in [0.05, 0.1) is 5.60 Å². The molecule has 0 bridgehead atoms. The molecule has 0 unspecified atom stereocenters. The normalized spacial score (nSPS) is 20.3. The molecule has 126 valence electrons. The van der Waals surface area contributed by atoms with Gasteiger partial charge in [0, 0.05) is 12.1 Å². The first-order valence-corrected chi connectivity index (χ1v) is 6.82. The van der Waals surface area contributed by atoms with Crippen LogP contribution in [0.2, 0.25) is 0 Å². The molecule has 0 aromatic carbocycles. The van der Waals surface area contributed by atoms with E-state index in [1.165, 1.54) is 0 Å². The summed E-state index contributed by atoms with van der Waals surface area (Å²) < 4.78 is 80.5. The fraction of sp³-hybridized carbons (Fsp3) is 1.00. The monoisotopic (exact) mass is 321 g/mol. The van der Waals surface area contributed by atoms with Crippen LogP contribution in [-0.4, -0.2) is 36.1 Å². The fourth-order valence-corrected chi connectivity index (χ4v) is 2.35. The van der Waals surface area contributed by atoms with Gasteiger partial charge in [0.25, 0.3) is 0 Å². The van der Waals surface area contributed by atoms with Crippen molar-refractivity contribution in [3.63, 3.8) is 0 Å². The standard InChI is InChI=1S/C13H21F6NO/c1-10(2,3)20-8-11(6-4-5-7-11)21-9(12(14,15)16)13(17,18)19/h9,20H,4-8H2,1-3H3. The molecule has 1 saturated carbocycles. The molecule has 0 saturated heterocycles. The summed E-state index contributed by atoms with van der Waals surface area (Å²) in [5.74, 6) is 0. The number of nitrogens with one attached hydrogen (secondary N) is 1. The van der Waals surface area contributed by atoms with Crippen LogP contribution >= 0.6 is 0 Å². The van der Waals surface area contributed by atoms with Crippen molar-refractivity contribution in [2.75, 3.05) is 6.54 Å². The van der Waals surface area contributed by atoms with Crippen molar-refractivity contribution < 1.29 is 31.1 Å². The van der Waals surface area contributed by atoms with Gasteiger partial charge in [-0.25, -0.2) is 0 Å². The van der Waals surface area contributed by atoms with Crippen molar-refractivity contribution >= 4 is 0 Å². The molecule has 0 radical (unpaired) electrons. The van der Waals surface area contributed by atoms with Gasteiger partial charge in [-0.15, -0.1) is 0 Å². The van der Waals surface area contributed by atoms with Crippen LogP contribution in [0.3, 0.4) is 0 Å². The Morgan fingerprint density at radius 1 is 0.952 bits per heavy atom. The molecule has 0 aliphatic heterocycles. The van der Waals surface area contributed by atoms with Crippen molar-refractivity contribution in [2.45, 2.75) is 76.1 Å². The number of rotatable bonds is 4. The molecular formula is C13H21F6NO. The van der Waals surface area contributed by atoms with Crippen LogP contribution in [0.4, 0.5) is 26.3 Å². The zero-order chi connectivity index (χ0) is 16.5. The van der Waals surface area contributed by atoms with E-state index in [9.17, 15) is 26.3 Å². The number of ether oxygens (including phenoxy) is 1. The highest BCUT2D eigenvalue weighted by atomic mass is 19.4. The quantitative estimate of drug-likeness (QED) is 0.784. The average molecular weight is 321 g/mol. The number of halogens is 6. The zero-order valence-corrected chi connectivity index (χ0v) is 12.3. The zero-order valence-electron chi connectivity index (χ0n) is 12.3. The van der Waals surface area contributed by atoms with Gasteiger partial charge in [0.2, 0.25) is 6.10 Å². The summed E-state index contributed by atoms with van der Waals surface area (Å²) in [4.78, 5) is 0. The molecule has 8 heteroatoms. The highest BCUT2D eigenvalue weighted by Gasteiger charge is 2.60. The van der Waals surface area contributed by atoms with E-state index >= 15 is 0 Å². The van der Waals surface area contributed by atoms with Gasteiger partial charge < -0.3 is 10.1 Å². The predicted molar refractivity (Wildman–Crippen MR) is 65.9 cm³/mol. The van der Waals surface area contributed by atoms with Gasteiger partial charge in [-0.2, -0.15) is 26.3 Å². The first-order chi connectivity index (χ1) is 9.25. The summed E-state index contributed by atoms with van der Waals surface area (Å²) in [5.41, 5.74) is -1.83.